The second-order valence-corrected chi connectivity index (χ2v) is 6.61. The van der Waals surface area contributed by atoms with Crippen molar-refractivity contribution in [1.29, 1.82) is 0 Å². The molecule has 0 amide bonds. The van der Waals surface area contributed by atoms with E-state index >= 15 is 0 Å². The van der Waals surface area contributed by atoms with Crippen LogP contribution in [-0.4, -0.2) is 10.6 Å². The summed E-state index contributed by atoms with van der Waals surface area (Å²) >= 11 is 9.11. The van der Waals surface area contributed by atoms with Crippen molar-refractivity contribution < 1.29 is 9.18 Å². The van der Waals surface area contributed by atoms with Gasteiger partial charge in [0.05, 0.1) is 4.83 Å². The van der Waals surface area contributed by atoms with Gasteiger partial charge in [-0.2, -0.15) is 0 Å². The number of rotatable bonds is 3. The average Bonchev–Trinajstić information content (AvgIpc) is 2.13. The lowest BCUT2D eigenvalue weighted by atomic mass is 9.87. The summed E-state index contributed by atoms with van der Waals surface area (Å²) in [4.78, 5) is 11.6. The maximum atomic E-state index is 13.1. The van der Waals surface area contributed by atoms with Crippen LogP contribution >= 0.6 is 27.5 Å². The Balaban J connectivity index is 2.81. The van der Waals surface area contributed by atoms with Gasteiger partial charge in [0.2, 0.25) is 0 Å². The van der Waals surface area contributed by atoms with Crippen LogP contribution in [0, 0.1) is 11.2 Å². The summed E-state index contributed by atoms with van der Waals surface area (Å²) in [6, 6.07) is 4.32. The molecular formula is C13H15BrClFO. The number of Topliss-reactive ketones (excluding diaryl/α,β-unsaturated/α-hetero) is 1. The molecule has 0 spiro atoms. The lowest BCUT2D eigenvalue weighted by Gasteiger charge is -2.20. The molecule has 0 radical (unpaired) electrons. The monoisotopic (exact) mass is 320 g/mol. The number of hydrogen-bond donors (Lipinski definition) is 0. The van der Waals surface area contributed by atoms with Gasteiger partial charge in [0.15, 0.2) is 5.78 Å². The van der Waals surface area contributed by atoms with Crippen molar-refractivity contribution in [2.24, 2.45) is 5.41 Å². The van der Waals surface area contributed by atoms with Gasteiger partial charge < -0.3 is 0 Å². The Morgan fingerprint density at radius 1 is 1.41 bits per heavy atom. The molecule has 0 aliphatic carbocycles. The van der Waals surface area contributed by atoms with Gasteiger partial charge in [-0.3, -0.25) is 4.79 Å². The molecule has 17 heavy (non-hydrogen) atoms. The largest absolute Gasteiger partial charge is 0.298 e. The molecule has 1 aromatic rings. The van der Waals surface area contributed by atoms with E-state index in [-0.39, 0.29) is 16.4 Å². The van der Waals surface area contributed by atoms with Crippen LogP contribution in [0.2, 0.25) is 5.02 Å². The molecule has 94 valence electrons. The fourth-order valence-electron chi connectivity index (χ4n) is 1.50. The molecule has 0 aliphatic rings. The third-order valence-corrected chi connectivity index (χ3v) is 3.32. The Morgan fingerprint density at radius 2 is 2.00 bits per heavy atom. The minimum absolute atomic E-state index is 0.0953. The Kier molecular flexibility index (Phi) is 4.73. The molecule has 1 unspecified atom stereocenters. The normalized spacial score (nSPS) is 13.5. The minimum atomic E-state index is -0.411. The second-order valence-electron chi connectivity index (χ2n) is 5.06. The number of carbonyl (C=O) groups is 1. The van der Waals surface area contributed by atoms with E-state index in [4.69, 9.17) is 11.6 Å². The van der Waals surface area contributed by atoms with Gasteiger partial charge in [0, 0.05) is 10.4 Å². The molecule has 1 nitrogen and oxygen atoms in total. The molecule has 0 heterocycles. The molecule has 0 fully saturated rings. The molecule has 0 saturated heterocycles. The van der Waals surface area contributed by atoms with E-state index in [0.717, 1.165) is 5.56 Å². The van der Waals surface area contributed by atoms with Crippen LogP contribution in [0.5, 0.6) is 0 Å². The van der Waals surface area contributed by atoms with Crippen molar-refractivity contribution in [3.8, 4) is 0 Å². The fourth-order valence-corrected chi connectivity index (χ4v) is 2.80. The van der Waals surface area contributed by atoms with E-state index < -0.39 is 5.41 Å². The zero-order chi connectivity index (χ0) is 13.2. The number of halogens is 3. The first-order valence-electron chi connectivity index (χ1n) is 5.33. The highest BCUT2D eigenvalue weighted by atomic mass is 79.9. The van der Waals surface area contributed by atoms with Gasteiger partial charge in [-0.05, 0) is 30.2 Å². The molecule has 0 bridgehead atoms. The number of benzene rings is 1. The molecule has 1 aromatic carbocycles. The molecule has 0 aromatic heterocycles. The van der Waals surface area contributed by atoms with Gasteiger partial charge in [0.25, 0.3) is 0 Å². The van der Waals surface area contributed by atoms with E-state index in [9.17, 15) is 9.18 Å². The summed E-state index contributed by atoms with van der Waals surface area (Å²) in [6.07, 6.45) is 0.438. The quantitative estimate of drug-likeness (QED) is 0.754. The van der Waals surface area contributed by atoms with Crippen LogP contribution in [-0.2, 0) is 11.2 Å². The van der Waals surface area contributed by atoms with Crippen LogP contribution in [0.25, 0.3) is 0 Å². The highest BCUT2D eigenvalue weighted by Gasteiger charge is 2.27. The van der Waals surface area contributed by atoms with Crippen LogP contribution in [0.4, 0.5) is 4.39 Å². The predicted molar refractivity (Wildman–Crippen MR) is 72.3 cm³/mol. The number of hydrogen-bond acceptors (Lipinski definition) is 1. The van der Waals surface area contributed by atoms with E-state index in [1.807, 2.05) is 20.8 Å². The topological polar surface area (TPSA) is 17.1 Å². The molecular weight excluding hydrogens is 306 g/mol. The van der Waals surface area contributed by atoms with E-state index in [2.05, 4.69) is 15.9 Å². The van der Waals surface area contributed by atoms with Gasteiger partial charge in [-0.1, -0.05) is 48.3 Å². The third kappa shape index (κ3) is 4.40. The Labute approximate surface area is 114 Å². The first-order valence-corrected chi connectivity index (χ1v) is 6.63. The second kappa shape index (κ2) is 5.49. The SMILES string of the molecule is CC(C)(C)C(=O)C(Br)Cc1cc(F)cc(Cl)c1. The molecule has 1 rings (SSSR count). The van der Waals surface area contributed by atoms with Crippen molar-refractivity contribution in [3.05, 3.63) is 34.6 Å². The number of ketones is 1. The molecule has 0 N–H and O–H groups in total. The smallest absolute Gasteiger partial charge is 0.152 e. The van der Waals surface area contributed by atoms with Crippen molar-refractivity contribution in [2.75, 3.05) is 0 Å². The highest BCUT2D eigenvalue weighted by Crippen LogP contribution is 2.24. The van der Waals surface area contributed by atoms with Crippen LogP contribution in [0.15, 0.2) is 18.2 Å². The van der Waals surface area contributed by atoms with Crippen molar-refractivity contribution in [3.63, 3.8) is 0 Å². The lowest BCUT2D eigenvalue weighted by molar-refractivity contribution is -0.125. The minimum Gasteiger partial charge on any atom is -0.298 e. The summed E-state index contributed by atoms with van der Waals surface area (Å²) < 4.78 is 13.1. The number of carbonyl (C=O) groups excluding carboxylic acids is 1. The summed E-state index contributed by atoms with van der Waals surface area (Å²) in [6.45, 7) is 5.59. The summed E-state index contributed by atoms with van der Waals surface area (Å²) in [5.41, 5.74) is 0.306. The third-order valence-electron chi connectivity index (χ3n) is 2.36. The summed E-state index contributed by atoms with van der Waals surface area (Å²) in [7, 11) is 0. The predicted octanol–water partition coefficient (Wildman–Crippen LogP) is 4.40. The standard InChI is InChI=1S/C13H15BrClFO/c1-13(2,3)12(17)11(14)6-8-4-9(15)7-10(16)5-8/h4-5,7,11H,6H2,1-3H3. The molecule has 4 heteroatoms. The van der Waals surface area contributed by atoms with Crippen LogP contribution in [0.3, 0.4) is 0 Å². The highest BCUT2D eigenvalue weighted by molar-refractivity contribution is 9.10. The zero-order valence-electron chi connectivity index (χ0n) is 10.1. The van der Waals surface area contributed by atoms with Crippen molar-refractivity contribution in [2.45, 2.75) is 32.0 Å². The molecule has 1 atom stereocenters. The van der Waals surface area contributed by atoms with Gasteiger partial charge >= 0.3 is 0 Å². The van der Waals surface area contributed by atoms with Crippen LogP contribution in [0.1, 0.15) is 26.3 Å². The fraction of sp³-hybridized carbons (Fsp3) is 0.462. The van der Waals surface area contributed by atoms with E-state index in [1.165, 1.54) is 12.1 Å². The first kappa shape index (κ1) is 14.7. The maximum absolute atomic E-state index is 13.1. The Bertz CT molecular complexity index is 406. The van der Waals surface area contributed by atoms with Gasteiger partial charge in [0.1, 0.15) is 5.82 Å². The van der Waals surface area contributed by atoms with Gasteiger partial charge in [-0.25, -0.2) is 4.39 Å². The molecule has 0 saturated carbocycles. The number of alkyl halides is 1. The van der Waals surface area contributed by atoms with Crippen LogP contribution < -0.4 is 0 Å². The van der Waals surface area contributed by atoms with Crippen molar-refractivity contribution in [1.82, 2.24) is 0 Å². The van der Waals surface area contributed by atoms with E-state index in [0.29, 0.717) is 11.4 Å². The Morgan fingerprint density at radius 3 is 2.47 bits per heavy atom. The molecule has 0 aliphatic heterocycles. The summed E-state index contributed by atoms with van der Waals surface area (Å²) in [5.74, 6) is -0.284. The van der Waals surface area contributed by atoms with E-state index in [1.54, 1.807) is 6.07 Å². The first-order chi connectivity index (χ1) is 7.70. The van der Waals surface area contributed by atoms with Gasteiger partial charge in [-0.15, -0.1) is 0 Å². The van der Waals surface area contributed by atoms with Crippen molar-refractivity contribution >= 4 is 33.3 Å². The lowest BCUT2D eigenvalue weighted by Crippen LogP contribution is -2.30. The maximum Gasteiger partial charge on any atom is 0.152 e. The zero-order valence-corrected chi connectivity index (χ0v) is 12.4. The average molecular weight is 322 g/mol. The summed E-state index contributed by atoms with van der Waals surface area (Å²) in [5, 5.41) is 0.350. The Hall–Kier alpha value is -0.410.